The van der Waals surface area contributed by atoms with Gasteiger partial charge in [-0.25, -0.2) is 9.78 Å². The van der Waals surface area contributed by atoms with Crippen molar-refractivity contribution in [2.75, 3.05) is 0 Å². The molecule has 228 valence electrons. The van der Waals surface area contributed by atoms with E-state index in [4.69, 9.17) is 19.8 Å². The maximum absolute atomic E-state index is 11.1. The van der Waals surface area contributed by atoms with Gasteiger partial charge in [-0.2, -0.15) is 0 Å². The highest BCUT2D eigenvalue weighted by Gasteiger charge is 2.45. The number of aromatic nitrogens is 1. The topological polar surface area (TPSA) is 71.8 Å². The highest BCUT2D eigenvalue weighted by Crippen LogP contribution is 2.48. The summed E-state index contributed by atoms with van der Waals surface area (Å²) in [6.45, 7) is 9.37. The third-order valence-corrected chi connectivity index (χ3v) is 9.45. The molecule has 5 nitrogen and oxygen atoms in total. The van der Waals surface area contributed by atoms with Crippen LogP contribution in [0.1, 0.15) is 97.3 Å². The molecule has 6 heteroatoms. The second-order valence-electron chi connectivity index (χ2n) is 11.9. The van der Waals surface area contributed by atoms with E-state index in [9.17, 15) is 4.79 Å². The number of ether oxygens (including phenoxy) is 1. The number of aliphatic imine (C=N–C) groups is 1. The molecule has 0 radical (unpaired) electrons. The molecule has 4 aromatic rings. The number of hydrogen-bond acceptors (Lipinski definition) is 5. The number of carboxylic acid groups (broad SMARTS) is 1. The molecule has 1 N–H and O–H groups in total. The lowest BCUT2D eigenvalue weighted by atomic mass is 9.66. The molecule has 1 aliphatic heterocycles. The van der Waals surface area contributed by atoms with E-state index in [-0.39, 0.29) is 17.0 Å². The second-order valence-corrected chi connectivity index (χ2v) is 12.9. The minimum absolute atomic E-state index is 0.0998. The number of nitrogens with zero attached hydrogens (tertiary/aromatic N) is 2. The molecule has 44 heavy (non-hydrogen) atoms. The lowest BCUT2D eigenvalue weighted by Crippen LogP contribution is -2.40. The SMILES string of the molecule is CCCC(CCC)C1(C(c2ccc(-c3csc(COc4ccc(C(=O)O)cc4)n3)cc2)c2ccc(C(C)C)cc2)C=CC=N1. The van der Waals surface area contributed by atoms with Crippen LogP contribution in [0.4, 0.5) is 0 Å². The Morgan fingerprint density at radius 1 is 0.886 bits per heavy atom. The van der Waals surface area contributed by atoms with Crippen molar-refractivity contribution in [1.82, 2.24) is 4.98 Å². The smallest absolute Gasteiger partial charge is 0.335 e. The van der Waals surface area contributed by atoms with Gasteiger partial charge in [-0.15, -0.1) is 11.3 Å². The highest BCUT2D eigenvalue weighted by molar-refractivity contribution is 7.09. The van der Waals surface area contributed by atoms with Gasteiger partial charge in [0.2, 0.25) is 0 Å². The van der Waals surface area contributed by atoms with Crippen LogP contribution >= 0.6 is 11.3 Å². The summed E-state index contributed by atoms with van der Waals surface area (Å²) in [5, 5.41) is 12.0. The van der Waals surface area contributed by atoms with Crippen LogP contribution in [0, 0.1) is 5.92 Å². The number of aromatic carboxylic acids is 1. The van der Waals surface area contributed by atoms with Crippen molar-refractivity contribution in [3.63, 3.8) is 0 Å². The Morgan fingerprint density at radius 2 is 1.50 bits per heavy atom. The fourth-order valence-electron chi connectivity index (χ4n) is 6.36. The van der Waals surface area contributed by atoms with Crippen LogP contribution in [0.2, 0.25) is 0 Å². The normalized spacial score (nSPS) is 16.6. The molecule has 0 aliphatic carbocycles. The first kappa shape index (κ1) is 31.4. The first-order valence-electron chi connectivity index (χ1n) is 15.7. The van der Waals surface area contributed by atoms with Gasteiger partial charge in [-0.05, 0) is 71.7 Å². The summed E-state index contributed by atoms with van der Waals surface area (Å²) < 4.78 is 5.86. The monoisotopic (exact) mass is 606 g/mol. The third-order valence-electron chi connectivity index (χ3n) is 8.63. The minimum atomic E-state index is -0.952. The molecule has 2 atom stereocenters. The number of carboxylic acids is 1. The van der Waals surface area contributed by atoms with E-state index in [1.54, 1.807) is 35.6 Å². The van der Waals surface area contributed by atoms with E-state index in [0.717, 1.165) is 41.9 Å². The van der Waals surface area contributed by atoms with Gasteiger partial charge in [0, 0.05) is 23.1 Å². The van der Waals surface area contributed by atoms with Gasteiger partial charge in [-0.1, -0.05) is 95.1 Å². The Hall–Kier alpha value is -4.03. The highest BCUT2D eigenvalue weighted by atomic mass is 32.1. The molecule has 1 aliphatic rings. The van der Waals surface area contributed by atoms with Crippen LogP contribution in [0.15, 0.2) is 95.3 Å². The maximum Gasteiger partial charge on any atom is 0.335 e. The van der Waals surface area contributed by atoms with E-state index in [0.29, 0.717) is 24.2 Å². The molecule has 0 spiro atoms. The molecule has 0 amide bonds. The van der Waals surface area contributed by atoms with Crippen molar-refractivity contribution >= 4 is 23.5 Å². The van der Waals surface area contributed by atoms with E-state index in [1.807, 2.05) is 6.21 Å². The fraction of sp³-hybridized carbons (Fsp3) is 0.342. The van der Waals surface area contributed by atoms with Gasteiger partial charge in [0.15, 0.2) is 0 Å². The van der Waals surface area contributed by atoms with Crippen LogP contribution in [0.3, 0.4) is 0 Å². The van der Waals surface area contributed by atoms with Crippen molar-refractivity contribution in [2.45, 2.75) is 77.4 Å². The van der Waals surface area contributed by atoms with Gasteiger partial charge in [0.05, 0.1) is 16.8 Å². The van der Waals surface area contributed by atoms with Crippen LogP contribution in [-0.2, 0) is 6.61 Å². The number of carbonyl (C=O) groups is 1. The first-order chi connectivity index (χ1) is 21.3. The first-order valence-corrected chi connectivity index (χ1v) is 16.6. The minimum Gasteiger partial charge on any atom is -0.486 e. The number of rotatable bonds is 14. The molecule has 2 unspecified atom stereocenters. The maximum atomic E-state index is 11.1. The lowest BCUT2D eigenvalue weighted by Gasteiger charge is -2.41. The molecule has 2 heterocycles. The molecule has 3 aromatic carbocycles. The van der Waals surface area contributed by atoms with E-state index in [2.05, 4.69) is 93.8 Å². The summed E-state index contributed by atoms with van der Waals surface area (Å²) in [4.78, 5) is 21.2. The number of thiazole rings is 1. The van der Waals surface area contributed by atoms with Crippen molar-refractivity contribution in [1.29, 1.82) is 0 Å². The third kappa shape index (κ3) is 6.86. The van der Waals surface area contributed by atoms with Crippen molar-refractivity contribution in [3.05, 3.63) is 118 Å². The van der Waals surface area contributed by atoms with Crippen LogP contribution in [0.5, 0.6) is 5.75 Å². The number of benzene rings is 3. The predicted octanol–water partition coefficient (Wildman–Crippen LogP) is 9.94. The molecule has 0 saturated heterocycles. The predicted molar refractivity (Wildman–Crippen MR) is 181 cm³/mol. The Labute approximate surface area is 265 Å². The summed E-state index contributed by atoms with van der Waals surface area (Å²) >= 11 is 1.56. The van der Waals surface area contributed by atoms with Gasteiger partial charge in [0.1, 0.15) is 17.4 Å². The molecular formula is C38H42N2O3S. The van der Waals surface area contributed by atoms with Gasteiger partial charge in [0.25, 0.3) is 0 Å². The molecule has 5 rings (SSSR count). The average Bonchev–Trinajstić information content (AvgIpc) is 3.72. The molecule has 0 saturated carbocycles. The summed E-state index contributed by atoms with van der Waals surface area (Å²) in [6.07, 6.45) is 11.1. The molecule has 1 aromatic heterocycles. The zero-order valence-electron chi connectivity index (χ0n) is 26.1. The van der Waals surface area contributed by atoms with E-state index in [1.165, 1.54) is 16.7 Å². The molecule has 0 bridgehead atoms. The Kier molecular flexibility index (Phi) is 10.1. The fourth-order valence-corrected chi connectivity index (χ4v) is 7.07. The quantitative estimate of drug-likeness (QED) is 0.155. The van der Waals surface area contributed by atoms with Crippen LogP contribution in [0.25, 0.3) is 11.3 Å². The van der Waals surface area contributed by atoms with Crippen LogP contribution in [-0.4, -0.2) is 27.8 Å². The molecule has 0 fully saturated rings. The Bertz CT molecular complexity index is 1570. The summed E-state index contributed by atoms with van der Waals surface area (Å²) in [5.74, 6) is 0.697. The second kappa shape index (κ2) is 14.2. The summed E-state index contributed by atoms with van der Waals surface area (Å²) in [5.41, 5.74) is 5.81. The van der Waals surface area contributed by atoms with E-state index < -0.39 is 5.97 Å². The number of allylic oxidation sites excluding steroid dienone is 1. The Morgan fingerprint density at radius 3 is 2.05 bits per heavy atom. The van der Waals surface area contributed by atoms with Crippen LogP contribution < -0.4 is 4.74 Å². The average molecular weight is 607 g/mol. The van der Waals surface area contributed by atoms with Crippen molar-refractivity contribution in [2.24, 2.45) is 10.9 Å². The van der Waals surface area contributed by atoms with Crippen molar-refractivity contribution < 1.29 is 14.6 Å². The van der Waals surface area contributed by atoms with Gasteiger partial charge < -0.3 is 9.84 Å². The molecular weight excluding hydrogens is 564 g/mol. The lowest BCUT2D eigenvalue weighted by molar-refractivity contribution is 0.0697. The summed E-state index contributed by atoms with van der Waals surface area (Å²) in [7, 11) is 0. The van der Waals surface area contributed by atoms with Gasteiger partial charge in [-0.3, -0.25) is 4.99 Å². The standard InChI is InChI=1S/C38H42N2O3S/c1-5-8-32(9-6-2)38(22-7-23-39-38)36(29-14-10-27(11-15-29)26(3)4)30-16-12-28(13-17-30)34-25-44-35(40-34)24-43-33-20-18-31(19-21-33)37(41)42/h7,10-23,25-26,32,36H,5-6,8-9,24H2,1-4H3,(H,41,42). The Balaban J connectivity index is 1.42. The van der Waals surface area contributed by atoms with Crippen molar-refractivity contribution in [3.8, 4) is 17.0 Å². The summed E-state index contributed by atoms with van der Waals surface area (Å²) in [6, 6.07) is 24.5. The number of hydrogen-bond donors (Lipinski definition) is 1. The van der Waals surface area contributed by atoms with E-state index >= 15 is 0 Å². The zero-order valence-corrected chi connectivity index (χ0v) is 26.9. The largest absolute Gasteiger partial charge is 0.486 e. The van der Waals surface area contributed by atoms with Gasteiger partial charge >= 0.3 is 5.97 Å². The zero-order chi connectivity index (χ0) is 31.1.